The van der Waals surface area contributed by atoms with Crippen LogP contribution in [0.4, 0.5) is 10.5 Å². The lowest BCUT2D eigenvalue weighted by Crippen LogP contribution is -2.54. The number of hydrogen-bond acceptors (Lipinski definition) is 10. The molecule has 1 fully saturated rings. The van der Waals surface area contributed by atoms with Crippen LogP contribution in [-0.2, 0) is 27.3 Å². The van der Waals surface area contributed by atoms with E-state index in [0.717, 1.165) is 17.6 Å². The maximum Gasteiger partial charge on any atom is 0.508 e. The molecule has 0 saturated carbocycles. The van der Waals surface area contributed by atoms with Gasteiger partial charge in [0.15, 0.2) is 0 Å². The molecule has 0 spiro atoms. The number of aromatic amines is 1. The molecule has 1 aromatic heterocycles. The van der Waals surface area contributed by atoms with Gasteiger partial charge in [-0.2, -0.15) is 0 Å². The molecule has 1 unspecified atom stereocenters. The molecule has 11 nitrogen and oxygen atoms in total. The number of H-pyrrole nitrogens is 1. The summed E-state index contributed by atoms with van der Waals surface area (Å²) < 4.78 is 12.3. The van der Waals surface area contributed by atoms with Crippen LogP contribution in [0.5, 0.6) is 0 Å². The largest absolute Gasteiger partial charge is 0.508 e. The van der Waals surface area contributed by atoms with Crippen LogP contribution in [0.3, 0.4) is 0 Å². The maximum atomic E-state index is 12.3. The predicted octanol–water partition coefficient (Wildman–Crippen LogP) is 2.43. The fraction of sp³-hybridized carbons (Fsp3) is 0.353. The van der Waals surface area contributed by atoms with Gasteiger partial charge in [-0.25, -0.2) is 4.79 Å². The zero-order chi connectivity index (χ0) is 21.7. The van der Waals surface area contributed by atoms with Gasteiger partial charge in [-0.05, 0) is 36.6 Å². The minimum absolute atomic E-state index is 0.0541. The molecule has 3 rings (SSSR count). The smallest absolute Gasteiger partial charge is 0.430 e. The van der Waals surface area contributed by atoms with Crippen molar-refractivity contribution in [1.82, 2.24) is 19.7 Å². The second-order valence-electron chi connectivity index (χ2n) is 6.41. The number of carbonyl (C=O) groups is 2. The lowest BCUT2D eigenvalue weighted by molar-refractivity contribution is -0.384. The van der Waals surface area contributed by atoms with E-state index in [-0.39, 0.29) is 18.2 Å². The van der Waals surface area contributed by atoms with Gasteiger partial charge < -0.3 is 9.47 Å². The molecule has 2 heterocycles. The van der Waals surface area contributed by atoms with Gasteiger partial charge in [0.05, 0.1) is 26.9 Å². The quantitative estimate of drug-likeness (QED) is 0.159. The Morgan fingerprint density at radius 1 is 1.47 bits per heavy atom. The number of hydrogen-bond donors (Lipinski definition) is 1. The number of nitro groups is 1. The standard InChI is InChI=1S/C17H17N5O6S2/c1-10(28-17(24)27-9-11-2-4-13(5-3-11)22(25)26)14-8-21(16(14)23)30-15(29)6-12-7-18-20-19-12/h2-5,7,10,14H,6,8-9H2,1H3,(H,18,19,20)/t10?,14-/m0/s1. The van der Waals surface area contributed by atoms with E-state index in [1.165, 1.54) is 28.6 Å². The lowest BCUT2D eigenvalue weighted by Gasteiger charge is -2.39. The molecule has 30 heavy (non-hydrogen) atoms. The van der Waals surface area contributed by atoms with Crippen molar-refractivity contribution in [2.45, 2.75) is 26.1 Å². The molecule has 1 aromatic carbocycles. The predicted molar refractivity (Wildman–Crippen MR) is 109 cm³/mol. The van der Waals surface area contributed by atoms with E-state index in [9.17, 15) is 19.7 Å². The van der Waals surface area contributed by atoms with Crippen LogP contribution in [0.2, 0.25) is 0 Å². The average molecular weight is 451 g/mol. The monoisotopic (exact) mass is 451 g/mol. The molecular weight excluding hydrogens is 434 g/mol. The number of carbonyl (C=O) groups excluding carboxylic acids is 2. The molecule has 13 heteroatoms. The summed E-state index contributed by atoms with van der Waals surface area (Å²) in [6, 6.07) is 5.61. The first-order valence-electron chi connectivity index (χ1n) is 8.77. The van der Waals surface area contributed by atoms with Crippen molar-refractivity contribution in [3.05, 3.63) is 51.8 Å². The highest BCUT2D eigenvalue weighted by Crippen LogP contribution is 2.31. The van der Waals surface area contributed by atoms with Crippen molar-refractivity contribution in [1.29, 1.82) is 0 Å². The SMILES string of the molecule is CC(OC(=O)OCc1ccc([N+](=O)[O-])cc1)[C@@H]1CN(SC(=S)Cc2cnn[nH]2)C1=O. The zero-order valence-electron chi connectivity index (χ0n) is 15.7. The third-order valence-electron chi connectivity index (χ3n) is 4.29. The number of β-lactam (4-membered cyclic amide) rings is 1. The van der Waals surface area contributed by atoms with Crippen LogP contribution in [0.15, 0.2) is 30.5 Å². The number of ether oxygens (including phenoxy) is 2. The molecule has 0 radical (unpaired) electrons. The van der Waals surface area contributed by atoms with E-state index in [1.54, 1.807) is 13.1 Å². The minimum atomic E-state index is -0.915. The molecule has 2 aromatic rings. The fourth-order valence-corrected chi connectivity index (χ4v) is 3.94. The first-order valence-corrected chi connectivity index (χ1v) is 9.95. The zero-order valence-corrected chi connectivity index (χ0v) is 17.4. The van der Waals surface area contributed by atoms with Crippen molar-refractivity contribution >= 4 is 46.1 Å². The van der Waals surface area contributed by atoms with Gasteiger partial charge in [-0.3, -0.25) is 24.3 Å². The molecular formula is C17H17N5O6S2. The van der Waals surface area contributed by atoms with Crippen LogP contribution in [-0.4, -0.2) is 53.5 Å². The van der Waals surface area contributed by atoms with E-state index < -0.39 is 23.1 Å². The van der Waals surface area contributed by atoms with Crippen molar-refractivity contribution in [3.8, 4) is 0 Å². The van der Waals surface area contributed by atoms with Crippen LogP contribution in [0.25, 0.3) is 0 Å². The molecule has 0 aliphatic carbocycles. The number of amides is 1. The summed E-state index contributed by atoms with van der Waals surface area (Å²) in [6.45, 7) is 1.91. The van der Waals surface area contributed by atoms with Crippen molar-refractivity contribution in [3.63, 3.8) is 0 Å². The molecule has 1 saturated heterocycles. The topological polar surface area (TPSA) is 141 Å². The van der Waals surface area contributed by atoms with E-state index in [2.05, 4.69) is 15.4 Å². The number of nitrogens with zero attached hydrogens (tertiary/aromatic N) is 4. The summed E-state index contributed by atoms with van der Waals surface area (Å²) in [5.41, 5.74) is 1.28. The Bertz CT molecular complexity index is 937. The highest BCUT2D eigenvalue weighted by Gasteiger charge is 2.43. The maximum absolute atomic E-state index is 12.3. The number of aromatic nitrogens is 3. The number of benzene rings is 1. The van der Waals surface area contributed by atoms with Crippen molar-refractivity contribution in [2.24, 2.45) is 5.92 Å². The molecule has 0 bridgehead atoms. The second-order valence-corrected chi connectivity index (χ2v) is 8.28. The van der Waals surface area contributed by atoms with Gasteiger partial charge >= 0.3 is 6.16 Å². The first-order chi connectivity index (χ1) is 14.3. The van der Waals surface area contributed by atoms with E-state index in [1.807, 2.05) is 0 Å². The van der Waals surface area contributed by atoms with E-state index in [0.29, 0.717) is 22.7 Å². The minimum Gasteiger partial charge on any atom is -0.430 e. The van der Waals surface area contributed by atoms with Gasteiger partial charge in [-0.1, -0.05) is 17.4 Å². The van der Waals surface area contributed by atoms with E-state index in [4.69, 9.17) is 21.7 Å². The van der Waals surface area contributed by atoms with Gasteiger partial charge in [0.2, 0.25) is 5.91 Å². The first kappa shape index (κ1) is 21.6. The Morgan fingerprint density at radius 2 is 2.20 bits per heavy atom. The lowest BCUT2D eigenvalue weighted by atomic mass is 9.96. The molecule has 158 valence electrons. The Balaban J connectivity index is 1.38. The van der Waals surface area contributed by atoms with E-state index >= 15 is 0 Å². The van der Waals surface area contributed by atoms with Crippen LogP contribution >= 0.6 is 24.2 Å². The second kappa shape index (κ2) is 9.63. The van der Waals surface area contributed by atoms with Gasteiger partial charge in [0, 0.05) is 25.1 Å². The van der Waals surface area contributed by atoms with Crippen molar-refractivity contribution in [2.75, 3.05) is 6.54 Å². The molecule has 1 aliphatic rings. The number of rotatable bonds is 8. The van der Waals surface area contributed by atoms with Crippen molar-refractivity contribution < 1.29 is 24.0 Å². The summed E-state index contributed by atoms with van der Waals surface area (Å²) in [6.07, 6.45) is 0.417. The number of nitro benzene ring substituents is 1. The number of nitrogens with one attached hydrogen (secondary N) is 1. The third-order valence-corrected chi connectivity index (χ3v) is 5.56. The summed E-state index contributed by atoms with van der Waals surface area (Å²) in [4.78, 5) is 34.3. The van der Waals surface area contributed by atoms with Crippen LogP contribution in [0.1, 0.15) is 18.2 Å². The summed E-state index contributed by atoms with van der Waals surface area (Å²) >= 11 is 6.42. The number of non-ortho nitro benzene ring substituents is 1. The highest BCUT2D eigenvalue weighted by molar-refractivity contribution is 8.21. The summed E-state index contributed by atoms with van der Waals surface area (Å²) in [7, 11) is 0. The number of thiocarbonyl (C=S) groups is 1. The third kappa shape index (κ3) is 5.51. The van der Waals surface area contributed by atoms with Gasteiger partial charge in [0.25, 0.3) is 5.69 Å². The Hall–Kier alpha value is -3.06. The Morgan fingerprint density at radius 3 is 2.80 bits per heavy atom. The van der Waals surface area contributed by atoms with Crippen LogP contribution < -0.4 is 0 Å². The fourth-order valence-electron chi connectivity index (χ4n) is 2.59. The van der Waals surface area contributed by atoms with Gasteiger partial charge in [-0.15, -0.1) is 5.10 Å². The summed E-state index contributed by atoms with van der Waals surface area (Å²) in [5.74, 6) is -0.651. The summed E-state index contributed by atoms with van der Waals surface area (Å²) in [5, 5.41) is 20.6. The Labute approximate surface area is 180 Å². The normalized spacial score (nSPS) is 16.5. The van der Waals surface area contributed by atoms with Crippen LogP contribution in [0, 0.1) is 16.0 Å². The molecule has 1 aliphatic heterocycles. The van der Waals surface area contributed by atoms with Gasteiger partial charge in [0.1, 0.15) is 12.7 Å². The average Bonchev–Trinajstić information content (AvgIpc) is 3.22. The highest BCUT2D eigenvalue weighted by atomic mass is 32.2. The molecule has 1 amide bonds. The Kier molecular flexibility index (Phi) is 6.95. The molecule has 1 N–H and O–H groups in total. The molecule has 2 atom stereocenters.